The van der Waals surface area contributed by atoms with E-state index in [0.29, 0.717) is 36.4 Å². The van der Waals surface area contributed by atoms with Crippen LogP contribution >= 0.6 is 0 Å². The fourth-order valence-electron chi connectivity index (χ4n) is 1.76. The molecule has 0 bridgehead atoms. The maximum absolute atomic E-state index is 13.9. The molecule has 76 valence electrons. The van der Waals surface area contributed by atoms with Crippen molar-refractivity contribution in [2.24, 2.45) is 5.73 Å². The smallest absolute Gasteiger partial charge is 0.133 e. The molecule has 1 atom stereocenters. The molecule has 0 spiro atoms. The Bertz CT molecular complexity index is 351. The van der Waals surface area contributed by atoms with Gasteiger partial charge in [0.05, 0.1) is 6.61 Å². The van der Waals surface area contributed by atoms with Crippen molar-refractivity contribution in [1.29, 1.82) is 0 Å². The van der Waals surface area contributed by atoms with Crippen molar-refractivity contribution in [1.82, 2.24) is 0 Å². The van der Waals surface area contributed by atoms with Crippen LogP contribution < -0.4 is 10.5 Å². The van der Waals surface area contributed by atoms with E-state index in [4.69, 9.17) is 10.5 Å². The van der Waals surface area contributed by atoms with Gasteiger partial charge in [-0.25, -0.2) is 4.39 Å². The fourth-order valence-corrected chi connectivity index (χ4v) is 1.76. The normalized spacial score (nSPS) is 16.2. The molecule has 2 nitrogen and oxygen atoms in total. The molecule has 2 N–H and O–H groups in total. The average molecular weight is 195 g/mol. The van der Waals surface area contributed by atoms with Crippen LogP contribution in [0.5, 0.6) is 5.75 Å². The number of benzene rings is 1. The predicted octanol–water partition coefficient (Wildman–Crippen LogP) is 1.82. The summed E-state index contributed by atoms with van der Waals surface area (Å²) >= 11 is 0. The number of ether oxygens (including phenoxy) is 1. The van der Waals surface area contributed by atoms with Gasteiger partial charge < -0.3 is 10.5 Å². The van der Waals surface area contributed by atoms with Gasteiger partial charge in [-0.3, -0.25) is 0 Å². The molecule has 0 aliphatic carbocycles. The van der Waals surface area contributed by atoms with Crippen LogP contribution in [-0.4, -0.2) is 13.2 Å². The van der Waals surface area contributed by atoms with Gasteiger partial charge in [0.1, 0.15) is 11.6 Å². The van der Waals surface area contributed by atoms with Crippen LogP contribution in [0.25, 0.3) is 0 Å². The van der Waals surface area contributed by atoms with Crippen molar-refractivity contribution in [2.45, 2.75) is 19.3 Å². The molecule has 14 heavy (non-hydrogen) atoms. The standard InChI is InChI=1S/C11H14FNO/c1-7(6-13)8-2-3-10-9(11(8)12)4-5-14-10/h2-3,7H,4-6,13H2,1H3. The molecule has 1 unspecified atom stereocenters. The summed E-state index contributed by atoms with van der Waals surface area (Å²) in [5, 5.41) is 0. The van der Waals surface area contributed by atoms with Crippen LogP contribution in [0.3, 0.4) is 0 Å². The predicted molar refractivity (Wildman–Crippen MR) is 53.1 cm³/mol. The lowest BCUT2D eigenvalue weighted by atomic mass is 9.97. The zero-order chi connectivity index (χ0) is 10.1. The molecule has 1 aromatic rings. The second kappa shape index (κ2) is 3.58. The van der Waals surface area contributed by atoms with Crippen LogP contribution in [0.4, 0.5) is 4.39 Å². The van der Waals surface area contributed by atoms with Gasteiger partial charge in [-0.05, 0) is 24.1 Å². The lowest BCUT2D eigenvalue weighted by Crippen LogP contribution is -2.11. The van der Waals surface area contributed by atoms with Gasteiger partial charge in [-0.2, -0.15) is 0 Å². The van der Waals surface area contributed by atoms with Crippen LogP contribution in [0.2, 0.25) is 0 Å². The quantitative estimate of drug-likeness (QED) is 0.781. The molecule has 1 aliphatic heterocycles. The van der Waals surface area contributed by atoms with Crippen molar-refractivity contribution >= 4 is 0 Å². The maximum atomic E-state index is 13.9. The first-order valence-corrected chi connectivity index (χ1v) is 4.88. The van der Waals surface area contributed by atoms with Crippen molar-refractivity contribution in [3.63, 3.8) is 0 Å². The number of nitrogens with two attached hydrogens (primary N) is 1. The van der Waals surface area contributed by atoms with E-state index in [1.807, 2.05) is 13.0 Å². The Kier molecular flexibility index (Phi) is 2.42. The number of halogens is 1. The minimum atomic E-state index is -0.127. The van der Waals surface area contributed by atoms with E-state index in [2.05, 4.69) is 0 Å². The Morgan fingerprint density at radius 3 is 3.07 bits per heavy atom. The Labute approximate surface area is 82.9 Å². The molecule has 0 fully saturated rings. The minimum absolute atomic E-state index is 0.0703. The summed E-state index contributed by atoms with van der Waals surface area (Å²) < 4.78 is 19.2. The summed E-state index contributed by atoms with van der Waals surface area (Å²) in [5.41, 5.74) is 6.94. The molecule has 2 rings (SSSR count). The highest BCUT2D eigenvalue weighted by molar-refractivity contribution is 5.42. The third-order valence-electron chi connectivity index (χ3n) is 2.72. The average Bonchev–Trinajstić information content (AvgIpc) is 2.66. The Balaban J connectivity index is 2.44. The van der Waals surface area contributed by atoms with E-state index in [9.17, 15) is 4.39 Å². The molecule has 1 heterocycles. The summed E-state index contributed by atoms with van der Waals surface area (Å²) in [6.45, 7) is 2.99. The summed E-state index contributed by atoms with van der Waals surface area (Å²) in [6, 6.07) is 3.62. The molecular weight excluding hydrogens is 181 g/mol. The Morgan fingerprint density at radius 2 is 2.36 bits per heavy atom. The zero-order valence-electron chi connectivity index (χ0n) is 8.22. The van der Waals surface area contributed by atoms with Crippen LogP contribution in [0, 0.1) is 5.82 Å². The third-order valence-corrected chi connectivity index (χ3v) is 2.72. The first kappa shape index (κ1) is 9.46. The molecule has 0 radical (unpaired) electrons. The van der Waals surface area contributed by atoms with E-state index >= 15 is 0 Å². The Morgan fingerprint density at radius 1 is 1.57 bits per heavy atom. The van der Waals surface area contributed by atoms with Gasteiger partial charge >= 0.3 is 0 Å². The van der Waals surface area contributed by atoms with Crippen LogP contribution in [0.1, 0.15) is 24.0 Å². The lowest BCUT2D eigenvalue weighted by molar-refractivity contribution is 0.356. The van der Waals surface area contributed by atoms with Crippen LogP contribution in [-0.2, 0) is 6.42 Å². The van der Waals surface area contributed by atoms with E-state index in [1.165, 1.54) is 0 Å². The molecule has 1 aromatic carbocycles. The van der Waals surface area contributed by atoms with Crippen molar-refractivity contribution in [3.8, 4) is 5.75 Å². The first-order valence-electron chi connectivity index (χ1n) is 4.88. The van der Waals surface area contributed by atoms with E-state index in [0.717, 1.165) is 0 Å². The van der Waals surface area contributed by atoms with Gasteiger partial charge in [-0.15, -0.1) is 0 Å². The minimum Gasteiger partial charge on any atom is -0.493 e. The second-order valence-electron chi connectivity index (χ2n) is 3.68. The topological polar surface area (TPSA) is 35.2 Å². The van der Waals surface area contributed by atoms with Gasteiger partial charge in [0, 0.05) is 12.0 Å². The monoisotopic (exact) mass is 195 g/mol. The van der Waals surface area contributed by atoms with E-state index < -0.39 is 0 Å². The van der Waals surface area contributed by atoms with Crippen LogP contribution in [0.15, 0.2) is 12.1 Å². The zero-order valence-corrected chi connectivity index (χ0v) is 8.22. The molecule has 0 saturated heterocycles. The number of rotatable bonds is 2. The summed E-state index contributed by atoms with van der Waals surface area (Å²) in [5.74, 6) is 0.634. The fraction of sp³-hybridized carbons (Fsp3) is 0.455. The van der Waals surface area contributed by atoms with Crippen molar-refractivity contribution in [3.05, 3.63) is 29.1 Å². The first-order chi connectivity index (χ1) is 6.74. The maximum Gasteiger partial charge on any atom is 0.133 e. The highest BCUT2D eigenvalue weighted by Crippen LogP contribution is 2.32. The third kappa shape index (κ3) is 1.38. The molecule has 3 heteroatoms. The summed E-state index contributed by atoms with van der Waals surface area (Å²) in [4.78, 5) is 0. The molecule has 0 amide bonds. The van der Waals surface area contributed by atoms with Crippen molar-refractivity contribution in [2.75, 3.05) is 13.2 Å². The van der Waals surface area contributed by atoms with E-state index in [1.54, 1.807) is 6.07 Å². The Hall–Kier alpha value is -1.09. The summed E-state index contributed by atoms with van der Waals surface area (Å²) in [7, 11) is 0. The number of fused-ring (bicyclic) bond motifs is 1. The van der Waals surface area contributed by atoms with Gasteiger partial charge in [0.15, 0.2) is 0 Å². The van der Waals surface area contributed by atoms with Gasteiger partial charge in [0.2, 0.25) is 0 Å². The lowest BCUT2D eigenvalue weighted by Gasteiger charge is -2.12. The highest BCUT2D eigenvalue weighted by Gasteiger charge is 2.21. The molecule has 1 aliphatic rings. The molecule has 0 aromatic heterocycles. The van der Waals surface area contributed by atoms with Crippen molar-refractivity contribution < 1.29 is 9.13 Å². The second-order valence-corrected chi connectivity index (χ2v) is 3.68. The van der Waals surface area contributed by atoms with Gasteiger partial charge in [0.25, 0.3) is 0 Å². The molecule has 0 saturated carbocycles. The number of hydrogen-bond donors (Lipinski definition) is 1. The SMILES string of the molecule is CC(CN)c1ccc2c(c1F)CCO2. The molecular formula is C11H14FNO. The largest absolute Gasteiger partial charge is 0.493 e. The highest BCUT2D eigenvalue weighted by atomic mass is 19.1. The summed E-state index contributed by atoms with van der Waals surface area (Å²) in [6.07, 6.45) is 0.673. The van der Waals surface area contributed by atoms with E-state index in [-0.39, 0.29) is 11.7 Å². The van der Waals surface area contributed by atoms with Gasteiger partial charge in [-0.1, -0.05) is 13.0 Å². The number of hydrogen-bond acceptors (Lipinski definition) is 2.